The van der Waals surface area contributed by atoms with Gasteiger partial charge in [-0.2, -0.15) is 0 Å². The molecule has 0 spiro atoms. The van der Waals surface area contributed by atoms with Gasteiger partial charge in [0.05, 0.1) is 16.8 Å². The number of carbonyl (C=O) groups is 1. The van der Waals surface area contributed by atoms with Crippen LogP contribution in [0.25, 0.3) is 10.9 Å². The smallest absolute Gasteiger partial charge is 0.335 e. The number of pyridine rings is 1. The highest BCUT2D eigenvalue weighted by molar-refractivity contribution is 5.88. The van der Waals surface area contributed by atoms with Gasteiger partial charge in [-0.05, 0) is 48.0 Å². The monoisotopic (exact) mass is 385 g/mol. The molecule has 0 amide bonds. The Hall–Kier alpha value is -3.86. The Balaban J connectivity index is 1.34. The largest absolute Gasteiger partial charge is 0.489 e. The lowest BCUT2D eigenvalue weighted by Gasteiger charge is -2.09. The van der Waals surface area contributed by atoms with Gasteiger partial charge in [0.1, 0.15) is 24.7 Å². The molecule has 1 N–H and O–H groups in total. The zero-order valence-corrected chi connectivity index (χ0v) is 15.6. The van der Waals surface area contributed by atoms with Crippen LogP contribution in [0.3, 0.4) is 0 Å². The molecular weight excluding hydrogens is 366 g/mol. The van der Waals surface area contributed by atoms with Crippen molar-refractivity contribution in [2.45, 2.75) is 13.2 Å². The van der Waals surface area contributed by atoms with Crippen molar-refractivity contribution in [3.63, 3.8) is 0 Å². The molecule has 4 aromatic rings. The van der Waals surface area contributed by atoms with Gasteiger partial charge < -0.3 is 14.6 Å². The Morgan fingerprint density at radius 1 is 0.793 bits per heavy atom. The zero-order valence-electron chi connectivity index (χ0n) is 15.6. The van der Waals surface area contributed by atoms with Crippen LogP contribution >= 0.6 is 0 Å². The molecule has 5 nitrogen and oxygen atoms in total. The van der Waals surface area contributed by atoms with Crippen LogP contribution < -0.4 is 9.47 Å². The normalized spacial score (nSPS) is 10.6. The fraction of sp³-hybridized carbons (Fsp3) is 0.0833. The molecule has 29 heavy (non-hydrogen) atoms. The maximum Gasteiger partial charge on any atom is 0.335 e. The molecule has 144 valence electrons. The van der Waals surface area contributed by atoms with Crippen LogP contribution in [0, 0.1) is 0 Å². The molecule has 0 atom stereocenters. The van der Waals surface area contributed by atoms with E-state index in [1.54, 1.807) is 12.1 Å². The Kier molecular flexibility index (Phi) is 5.38. The van der Waals surface area contributed by atoms with Crippen molar-refractivity contribution in [2.75, 3.05) is 0 Å². The molecule has 0 bridgehead atoms. The minimum atomic E-state index is -0.974. The second-order valence-corrected chi connectivity index (χ2v) is 6.55. The van der Waals surface area contributed by atoms with E-state index in [4.69, 9.17) is 14.6 Å². The van der Waals surface area contributed by atoms with Gasteiger partial charge in [-0.3, -0.25) is 0 Å². The number of carboxylic acids is 1. The SMILES string of the molecule is O=C(O)c1cccc(OCc2ccc(OCc3ccc4ccccc4n3)cc2)c1. The second-order valence-electron chi connectivity index (χ2n) is 6.55. The number of para-hydroxylation sites is 1. The zero-order chi connectivity index (χ0) is 20.1. The number of nitrogens with zero attached hydrogens (tertiary/aromatic N) is 1. The summed E-state index contributed by atoms with van der Waals surface area (Å²) in [6.07, 6.45) is 0. The second kappa shape index (κ2) is 8.44. The quantitative estimate of drug-likeness (QED) is 0.480. The Bertz CT molecular complexity index is 1140. The first-order chi connectivity index (χ1) is 14.2. The van der Waals surface area contributed by atoms with Crippen molar-refractivity contribution in [1.29, 1.82) is 0 Å². The summed E-state index contributed by atoms with van der Waals surface area (Å²) >= 11 is 0. The van der Waals surface area contributed by atoms with E-state index in [-0.39, 0.29) is 5.56 Å². The van der Waals surface area contributed by atoms with Gasteiger partial charge in [-0.25, -0.2) is 9.78 Å². The van der Waals surface area contributed by atoms with Crippen molar-refractivity contribution in [3.05, 3.63) is 102 Å². The number of aromatic carboxylic acids is 1. The molecule has 0 aliphatic carbocycles. The molecule has 0 saturated carbocycles. The van der Waals surface area contributed by atoms with Crippen LogP contribution in [0.15, 0.2) is 84.9 Å². The molecule has 0 radical (unpaired) electrons. The molecule has 0 saturated heterocycles. The van der Waals surface area contributed by atoms with E-state index < -0.39 is 5.97 Å². The molecule has 1 aromatic heterocycles. The van der Waals surface area contributed by atoms with Gasteiger partial charge >= 0.3 is 5.97 Å². The molecule has 0 fully saturated rings. The summed E-state index contributed by atoms with van der Waals surface area (Å²) < 4.78 is 11.5. The number of carboxylic acid groups (broad SMARTS) is 1. The van der Waals surface area contributed by atoms with Gasteiger partial charge in [0.25, 0.3) is 0 Å². The van der Waals surface area contributed by atoms with E-state index in [1.807, 2.05) is 60.7 Å². The third kappa shape index (κ3) is 4.71. The van der Waals surface area contributed by atoms with E-state index in [1.165, 1.54) is 12.1 Å². The summed E-state index contributed by atoms with van der Waals surface area (Å²) in [7, 11) is 0. The third-order valence-electron chi connectivity index (χ3n) is 4.45. The van der Waals surface area contributed by atoms with Crippen LogP contribution in [-0.4, -0.2) is 16.1 Å². The topological polar surface area (TPSA) is 68.7 Å². The van der Waals surface area contributed by atoms with E-state index in [0.29, 0.717) is 19.0 Å². The Labute approximate surface area is 168 Å². The van der Waals surface area contributed by atoms with E-state index in [2.05, 4.69) is 4.98 Å². The summed E-state index contributed by atoms with van der Waals surface area (Å²) in [5.41, 5.74) is 2.98. The van der Waals surface area contributed by atoms with Crippen molar-refractivity contribution in [3.8, 4) is 11.5 Å². The number of hydrogen-bond acceptors (Lipinski definition) is 4. The predicted molar refractivity (Wildman–Crippen MR) is 110 cm³/mol. The predicted octanol–water partition coefficient (Wildman–Crippen LogP) is 5.09. The number of benzene rings is 3. The summed E-state index contributed by atoms with van der Waals surface area (Å²) in [5.74, 6) is 0.294. The van der Waals surface area contributed by atoms with Gasteiger partial charge in [0, 0.05) is 5.39 Å². The summed E-state index contributed by atoms with van der Waals surface area (Å²) in [6, 6.07) is 26.0. The molecule has 0 aliphatic heterocycles. The maximum atomic E-state index is 11.0. The van der Waals surface area contributed by atoms with E-state index in [0.717, 1.165) is 27.9 Å². The fourth-order valence-electron chi connectivity index (χ4n) is 2.91. The highest BCUT2D eigenvalue weighted by atomic mass is 16.5. The summed E-state index contributed by atoms with van der Waals surface area (Å²) in [5, 5.41) is 10.1. The first-order valence-corrected chi connectivity index (χ1v) is 9.20. The fourth-order valence-corrected chi connectivity index (χ4v) is 2.91. The summed E-state index contributed by atoms with van der Waals surface area (Å²) in [4.78, 5) is 15.6. The average Bonchev–Trinajstić information content (AvgIpc) is 2.77. The number of rotatable bonds is 7. The Morgan fingerprint density at radius 2 is 1.59 bits per heavy atom. The van der Waals surface area contributed by atoms with Crippen molar-refractivity contribution >= 4 is 16.9 Å². The molecule has 1 heterocycles. The lowest BCUT2D eigenvalue weighted by Crippen LogP contribution is -2.00. The molecule has 0 aliphatic rings. The number of aromatic nitrogens is 1. The first-order valence-electron chi connectivity index (χ1n) is 9.20. The van der Waals surface area contributed by atoms with Crippen LogP contribution in [0.2, 0.25) is 0 Å². The summed E-state index contributed by atoms with van der Waals surface area (Å²) in [6.45, 7) is 0.734. The van der Waals surface area contributed by atoms with Crippen molar-refractivity contribution < 1.29 is 19.4 Å². The number of ether oxygens (including phenoxy) is 2. The van der Waals surface area contributed by atoms with Crippen LogP contribution in [-0.2, 0) is 13.2 Å². The van der Waals surface area contributed by atoms with E-state index in [9.17, 15) is 4.79 Å². The van der Waals surface area contributed by atoms with Crippen LogP contribution in [0.5, 0.6) is 11.5 Å². The highest BCUT2D eigenvalue weighted by Crippen LogP contribution is 2.18. The highest BCUT2D eigenvalue weighted by Gasteiger charge is 2.05. The molecule has 3 aromatic carbocycles. The maximum absolute atomic E-state index is 11.0. The average molecular weight is 385 g/mol. The molecular formula is C24H19NO4. The molecule has 4 rings (SSSR count). The third-order valence-corrected chi connectivity index (χ3v) is 4.45. The Morgan fingerprint density at radius 3 is 2.41 bits per heavy atom. The minimum absolute atomic E-state index is 0.202. The van der Waals surface area contributed by atoms with Gasteiger partial charge in [0.2, 0.25) is 0 Å². The van der Waals surface area contributed by atoms with Crippen molar-refractivity contribution in [1.82, 2.24) is 4.98 Å². The van der Waals surface area contributed by atoms with Crippen LogP contribution in [0.4, 0.5) is 0 Å². The molecule has 5 heteroatoms. The molecule has 0 unspecified atom stereocenters. The standard InChI is InChI=1S/C24H19NO4/c26-24(27)19-5-3-6-22(14-19)28-15-17-8-12-21(13-9-17)29-16-20-11-10-18-4-1-2-7-23(18)25-20/h1-14H,15-16H2,(H,26,27). The number of hydrogen-bond donors (Lipinski definition) is 1. The van der Waals surface area contributed by atoms with Gasteiger partial charge in [-0.1, -0.05) is 42.5 Å². The minimum Gasteiger partial charge on any atom is -0.489 e. The van der Waals surface area contributed by atoms with Gasteiger partial charge in [0.15, 0.2) is 0 Å². The van der Waals surface area contributed by atoms with Gasteiger partial charge in [-0.15, -0.1) is 0 Å². The van der Waals surface area contributed by atoms with Crippen molar-refractivity contribution in [2.24, 2.45) is 0 Å². The number of fused-ring (bicyclic) bond motifs is 1. The first kappa shape index (κ1) is 18.5. The van der Waals surface area contributed by atoms with E-state index >= 15 is 0 Å². The van der Waals surface area contributed by atoms with Crippen LogP contribution in [0.1, 0.15) is 21.6 Å². The lowest BCUT2D eigenvalue weighted by atomic mass is 10.2. The lowest BCUT2D eigenvalue weighted by molar-refractivity contribution is 0.0696.